The van der Waals surface area contributed by atoms with Gasteiger partial charge in [-0.15, -0.1) is 0 Å². The zero-order valence-electron chi connectivity index (χ0n) is 17.2. The van der Waals surface area contributed by atoms with E-state index in [-0.39, 0.29) is 11.9 Å². The number of nitrogens with zero attached hydrogens (tertiary/aromatic N) is 3. The van der Waals surface area contributed by atoms with E-state index >= 15 is 0 Å². The molecule has 0 unspecified atom stereocenters. The quantitative estimate of drug-likeness (QED) is 0.843. The van der Waals surface area contributed by atoms with E-state index in [4.69, 9.17) is 4.74 Å². The predicted molar refractivity (Wildman–Crippen MR) is 115 cm³/mol. The summed E-state index contributed by atoms with van der Waals surface area (Å²) in [4.78, 5) is 31.0. The van der Waals surface area contributed by atoms with Crippen molar-refractivity contribution in [3.8, 4) is 5.75 Å². The van der Waals surface area contributed by atoms with E-state index < -0.39 is 0 Å². The van der Waals surface area contributed by atoms with Crippen molar-refractivity contribution in [2.45, 2.75) is 6.92 Å². The summed E-state index contributed by atoms with van der Waals surface area (Å²) in [6.07, 6.45) is 0. The summed E-state index contributed by atoms with van der Waals surface area (Å²) in [6, 6.07) is 14.8. The first-order chi connectivity index (χ1) is 14.0. The Morgan fingerprint density at radius 1 is 1.03 bits per heavy atom. The lowest BCUT2D eigenvalue weighted by Gasteiger charge is -2.34. The zero-order valence-corrected chi connectivity index (χ0v) is 17.2. The second-order valence-corrected chi connectivity index (χ2v) is 7.01. The second-order valence-electron chi connectivity index (χ2n) is 7.01. The molecule has 2 aromatic carbocycles. The molecule has 1 aliphatic rings. The highest BCUT2D eigenvalue weighted by molar-refractivity contribution is 5.95. The van der Waals surface area contributed by atoms with Crippen LogP contribution in [0.3, 0.4) is 0 Å². The van der Waals surface area contributed by atoms with Crippen molar-refractivity contribution in [3.63, 3.8) is 0 Å². The molecule has 0 saturated carbocycles. The molecular formula is C22H28N4O3. The SMILES string of the molecule is CCN(C)c1cccc(NC(=O)N2CCN(C(=O)c3cccc(OC)c3)CC2)c1. The monoisotopic (exact) mass is 396 g/mol. The summed E-state index contributed by atoms with van der Waals surface area (Å²) in [5, 5.41) is 2.96. The van der Waals surface area contributed by atoms with Crippen LogP contribution in [-0.4, -0.2) is 68.6 Å². The number of ether oxygens (including phenoxy) is 1. The summed E-state index contributed by atoms with van der Waals surface area (Å²) in [7, 11) is 3.59. The van der Waals surface area contributed by atoms with E-state index in [1.165, 1.54) is 0 Å². The molecule has 1 heterocycles. The van der Waals surface area contributed by atoms with Crippen LogP contribution in [0.5, 0.6) is 5.75 Å². The summed E-state index contributed by atoms with van der Waals surface area (Å²) in [5.41, 5.74) is 2.42. The molecule has 3 rings (SSSR count). The highest BCUT2D eigenvalue weighted by Crippen LogP contribution is 2.19. The Kier molecular flexibility index (Phi) is 6.59. The number of rotatable bonds is 5. The maximum atomic E-state index is 12.7. The van der Waals surface area contributed by atoms with Gasteiger partial charge >= 0.3 is 6.03 Å². The van der Waals surface area contributed by atoms with Gasteiger partial charge in [-0.3, -0.25) is 4.79 Å². The number of urea groups is 1. The molecule has 0 bridgehead atoms. The van der Waals surface area contributed by atoms with Crippen molar-refractivity contribution in [2.24, 2.45) is 0 Å². The summed E-state index contributed by atoms with van der Waals surface area (Å²) < 4.78 is 5.19. The molecule has 154 valence electrons. The van der Waals surface area contributed by atoms with Crippen LogP contribution < -0.4 is 15.0 Å². The Morgan fingerprint density at radius 3 is 2.41 bits per heavy atom. The molecular weight excluding hydrogens is 368 g/mol. The van der Waals surface area contributed by atoms with Crippen LogP contribution in [0, 0.1) is 0 Å². The lowest BCUT2D eigenvalue weighted by Crippen LogP contribution is -2.51. The number of carbonyl (C=O) groups excluding carboxylic acids is 2. The normalized spacial score (nSPS) is 13.8. The predicted octanol–water partition coefficient (Wildman–Crippen LogP) is 3.14. The third-order valence-corrected chi connectivity index (χ3v) is 5.18. The summed E-state index contributed by atoms with van der Waals surface area (Å²) in [5.74, 6) is 0.615. The van der Waals surface area contributed by atoms with E-state index in [9.17, 15) is 9.59 Å². The van der Waals surface area contributed by atoms with Crippen molar-refractivity contribution in [1.29, 1.82) is 0 Å². The van der Waals surface area contributed by atoms with Crippen molar-refractivity contribution in [3.05, 3.63) is 54.1 Å². The van der Waals surface area contributed by atoms with Crippen LogP contribution in [0.4, 0.5) is 16.2 Å². The Hall–Kier alpha value is -3.22. The smallest absolute Gasteiger partial charge is 0.321 e. The fraction of sp³-hybridized carbons (Fsp3) is 0.364. The Morgan fingerprint density at radius 2 is 1.72 bits per heavy atom. The van der Waals surface area contributed by atoms with Gasteiger partial charge in [0.1, 0.15) is 5.75 Å². The number of hydrogen-bond acceptors (Lipinski definition) is 4. The number of hydrogen-bond donors (Lipinski definition) is 1. The van der Waals surface area contributed by atoms with Crippen LogP contribution in [0.25, 0.3) is 0 Å². The minimum Gasteiger partial charge on any atom is -0.497 e. The molecule has 1 fully saturated rings. The Balaban J connectivity index is 1.56. The molecule has 0 spiro atoms. The van der Waals surface area contributed by atoms with Gasteiger partial charge in [0.15, 0.2) is 0 Å². The molecule has 1 aliphatic heterocycles. The van der Waals surface area contributed by atoms with Crippen molar-refractivity contribution in [2.75, 3.05) is 57.1 Å². The molecule has 0 aliphatic carbocycles. The molecule has 7 heteroatoms. The van der Waals surface area contributed by atoms with Crippen LogP contribution in [0.15, 0.2) is 48.5 Å². The first kappa shape index (κ1) is 20.5. The number of carbonyl (C=O) groups is 2. The zero-order chi connectivity index (χ0) is 20.8. The van der Waals surface area contributed by atoms with Gasteiger partial charge in [0.05, 0.1) is 7.11 Å². The van der Waals surface area contributed by atoms with Gasteiger partial charge in [0.25, 0.3) is 5.91 Å². The lowest BCUT2D eigenvalue weighted by molar-refractivity contribution is 0.0671. The minimum absolute atomic E-state index is 0.0423. The average molecular weight is 396 g/mol. The fourth-order valence-corrected chi connectivity index (χ4v) is 3.26. The van der Waals surface area contributed by atoms with Gasteiger partial charge in [-0.05, 0) is 43.3 Å². The Bertz CT molecular complexity index is 863. The summed E-state index contributed by atoms with van der Waals surface area (Å²) >= 11 is 0. The lowest BCUT2D eigenvalue weighted by atomic mass is 10.1. The standard InChI is InChI=1S/C22H28N4O3/c1-4-24(2)19-9-6-8-18(16-19)23-22(28)26-13-11-25(12-14-26)21(27)17-7-5-10-20(15-17)29-3/h5-10,15-16H,4,11-14H2,1-3H3,(H,23,28). The van der Waals surface area contributed by atoms with E-state index in [1.807, 2.05) is 37.4 Å². The van der Waals surface area contributed by atoms with Crippen LogP contribution in [0.1, 0.15) is 17.3 Å². The molecule has 2 aromatic rings. The topological polar surface area (TPSA) is 65.1 Å². The minimum atomic E-state index is -0.144. The number of piperazine rings is 1. The van der Waals surface area contributed by atoms with Gasteiger partial charge in [-0.25, -0.2) is 4.79 Å². The first-order valence-electron chi connectivity index (χ1n) is 9.82. The number of nitrogens with one attached hydrogen (secondary N) is 1. The molecule has 0 atom stereocenters. The number of benzene rings is 2. The fourth-order valence-electron chi connectivity index (χ4n) is 3.26. The van der Waals surface area contributed by atoms with E-state index in [2.05, 4.69) is 17.1 Å². The number of anilines is 2. The van der Waals surface area contributed by atoms with E-state index in [0.29, 0.717) is 37.5 Å². The highest BCUT2D eigenvalue weighted by atomic mass is 16.5. The van der Waals surface area contributed by atoms with E-state index in [0.717, 1.165) is 17.9 Å². The molecule has 0 aromatic heterocycles. The van der Waals surface area contributed by atoms with E-state index in [1.54, 1.807) is 35.1 Å². The molecule has 1 saturated heterocycles. The van der Waals surface area contributed by atoms with Crippen LogP contribution >= 0.6 is 0 Å². The molecule has 1 N–H and O–H groups in total. The largest absolute Gasteiger partial charge is 0.497 e. The molecule has 7 nitrogen and oxygen atoms in total. The second kappa shape index (κ2) is 9.32. The van der Waals surface area contributed by atoms with Crippen molar-refractivity contribution >= 4 is 23.3 Å². The van der Waals surface area contributed by atoms with Crippen molar-refractivity contribution in [1.82, 2.24) is 9.80 Å². The van der Waals surface area contributed by atoms with Gasteiger partial charge in [-0.1, -0.05) is 12.1 Å². The third kappa shape index (κ3) is 4.99. The molecule has 0 radical (unpaired) electrons. The average Bonchev–Trinajstić information content (AvgIpc) is 2.78. The van der Waals surface area contributed by atoms with Gasteiger partial charge in [0, 0.05) is 56.7 Å². The molecule has 3 amide bonds. The van der Waals surface area contributed by atoms with Gasteiger partial charge < -0.3 is 24.8 Å². The maximum absolute atomic E-state index is 12.7. The number of methoxy groups -OCH3 is 1. The molecule has 29 heavy (non-hydrogen) atoms. The maximum Gasteiger partial charge on any atom is 0.321 e. The highest BCUT2D eigenvalue weighted by Gasteiger charge is 2.25. The number of amides is 3. The summed E-state index contributed by atoms with van der Waals surface area (Å²) in [6.45, 7) is 4.97. The van der Waals surface area contributed by atoms with Crippen molar-refractivity contribution < 1.29 is 14.3 Å². The first-order valence-corrected chi connectivity index (χ1v) is 9.82. The van der Waals surface area contributed by atoms with Gasteiger partial charge in [0.2, 0.25) is 0 Å². The Labute approximate surface area is 171 Å². The van der Waals surface area contributed by atoms with Crippen LogP contribution in [-0.2, 0) is 0 Å². The van der Waals surface area contributed by atoms with Gasteiger partial charge in [-0.2, -0.15) is 0 Å². The third-order valence-electron chi connectivity index (χ3n) is 5.18. The van der Waals surface area contributed by atoms with Crippen LogP contribution in [0.2, 0.25) is 0 Å².